The predicted octanol–water partition coefficient (Wildman–Crippen LogP) is 2.58. The molecule has 0 radical (unpaired) electrons. The lowest BCUT2D eigenvalue weighted by atomic mass is 10.2. The molecule has 2 aromatic rings. The molecular weight excluding hydrogens is 254 g/mol. The summed E-state index contributed by atoms with van der Waals surface area (Å²) >= 11 is 2.99. The van der Waals surface area contributed by atoms with Crippen LogP contribution in [0.25, 0.3) is 0 Å². The van der Waals surface area contributed by atoms with Gasteiger partial charge in [0, 0.05) is 22.4 Å². The number of carbonyl (C=O) groups is 1. The van der Waals surface area contributed by atoms with E-state index in [-0.39, 0.29) is 12.5 Å². The number of rotatable bonds is 4. The van der Waals surface area contributed by atoms with Crippen LogP contribution in [-0.4, -0.2) is 17.6 Å². The molecule has 0 aliphatic heterocycles. The van der Waals surface area contributed by atoms with Crippen LogP contribution >= 0.6 is 22.7 Å². The van der Waals surface area contributed by atoms with Gasteiger partial charge in [-0.15, -0.1) is 11.3 Å². The molecule has 0 saturated carbocycles. The second-order valence-electron chi connectivity index (χ2n) is 3.71. The summed E-state index contributed by atoms with van der Waals surface area (Å²) in [6, 6.07) is 3.73. The average Bonchev–Trinajstić information content (AvgIpc) is 2.95. The van der Waals surface area contributed by atoms with Crippen LogP contribution in [0.2, 0.25) is 0 Å². The summed E-state index contributed by atoms with van der Waals surface area (Å²) in [5.41, 5.74) is 1.71. The van der Waals surface area contributed by atoms with Gasteiger partial charge in [0.15, 0.2) is 0 Å². The van der Waals surface area contributed by atoms with Crippen molar-refractivity contribution in [3.8, 4) is 0 Å². The van der Waals surface area contributed by atoms with Crippen LogP contribution < -0.4 is 5.32 Å². The zero-order chi connectivity index (χ0) is 12.3. The van der Waals surface area contributed by atoms with Gasteiger partial charge in [-0.25, -0.2) is 0 Å². The Morgan fingerprint density at radius 3 is 2.88 bits per heavy atom. The molecule has 0 unspecified atom stereocenters. The highest BCUT2D eigenvalue weighted by Gasteiger charge is 2.13. The molecule has 2 N–H and O–H groups in total. The van der Waals surface area contributed by atoms with Crippen LogP contribution in [0.1, 0.15) is 26.9 Å². The molecule has 1 atom stereocenters. The first-order valence-corrected chi connectivity index (χ1v) is 7.03. The van der Waals surface area contributed by atoms with E-state index in [1.165, 1.54) is 22.7 Å². The minimum absolute atomic E-state index is 0.139. The Bertz CT molecular complexity index is 490. The first-order valence-electron chi connectivity index (χ1n) is 5.21. The summed E-state index contributed by atoms with van der Waals surface area (Å²) < 4.78 is 0. The molecule has 0 spiro atoms. The first-order chi connectivity index (χ1) is 8.18. The van der Waals surface area contributed by atoms with Crippen molar-refractivity contribution < 1.29 is 9.90 Å². The average molecular weight is 267 g/mol. The van der Waals surface area contributed by atoms with Crippen molar-refractivity contribution in [2.75, 3.05) is 6.54 Å². The van der Waals surface area contributed by atoms with Crippen LogP contribution in [-0.2, 0) is 0 Å². The van der Waals surface area contributed by atoms with Gasteiger partial charge in [0.25, 0.3) is 5.91 Å². The number of aliphatic hydroxyl groups is 1. The molecule has 1 amide bonds. The van der Waals surface area contributed by atoms with E-state index >= 15 is 0 Å². The van der Waals surface area contributed by atoms with Crippen molar-refractivity contribution in [1.82, 2.24) is 5.32 Å². The van der Waals surface area contributed by atoms with Crippen molar-refractivity contribution in [3.63, 3.8) is 0 Å². The minimum Gasteiger partial charge on any atom is -0.386 e. The maximum Gasteiger partial charge on any atom is 0.252 e. The molecule has 2 heterocycles. The van der Waals surface area contributed by atoms with Crippen molar-refractivity contribution in [2.24, 2.45) is 0 Å². The van der Waals surface area contributed by atoms with Gasteiger partial charge in [-0.05, 0) is 35.4 Å². The third-order valence-corrected chi connectivity index (χ3v) is 4.25. The molecule has 5 heteroatoms. The van der Waals surface area contributed by atoms with E-state index in [9.17, 15) is 9.90 Å². The zero-order valence-electron chi connectivity index (χ0n) is 9.34. The number of hydrogen-bond acceptors (Lipinski definition) is 4. The zero-order valence-corrected chi connectivity index (χ0v) is 11.0. The summed E-state index contributed by atoms with van der Waals surface area (Å²) in [5, 5.41) is 18.2. The van der Waals surface area contributed by atoms with Crippen LogP contribution in [0, 0.1) is 6.92 Å². The quantitative estimate of drug-likeness (QED) is 0.894. The maximum atomic E-state index is 11.7. The summed E-state index contributed by atoms with van der Waals surface area (Å²) in [7, 11) is 0. The van der Waals surface area contributed by atoms with Crippen molar-refractivity contribution in [2.45, 2.75) is 13.0 Å². The summed E-state index contributed by atoms with van der Waals surface area (Å²) in [4.78, 5) is 12.6. The van der Waals surface area contributed by atoms with Crippen LogP contribution in [0.3, 0.4) is 0 Å². The van der Waals surface area contributed by atoms with Crippen LogP contribution in [0.15, 0.2) is 28.3 Å². The van der Waals surface area contributed by atoms with Gasteiger partial charge >= 0.3 is 0 Å². The van der Waals surface area contributed by atoms with E-state index in [1.807, 2.05) is 23.8 Å². The normalized spacial score (nSPS) is 12.4. The number of hydrogen-bond donors (Lipinski definition) is 2. The fourth-order valence-corrected chi connectivity index (χ4v) is 3.05. The number of thiophene rings is 2. The number of amides is 1. The minimum atomic E-state index is -0.627. The number of aliphatic hydroxyl groups excluding tert-OH is 1. The standard InChI is InChI=1S/C12H13NO2S2/c1-8-2-5-17-11(8)10(14)6-13-12(15)9-3-4-16-7-9/h2-5,7,10,14H,6H2,1H3,(H,13,15)/t10-/m0/s1. The smallest absolute Gasteiger partial charge is 0.252 e. The topological polar surface area (TPSA) is 49.3 Å². The monoisotopic (exact) mass is 267 g/mol. The molecule has 3 nitrogen and oxygen atoms in total. The molecule has 17 heavy (non-hydrogen) atoms. The second kappa shape index (κ2) is 5.44. The third-order valence-electron chi connectivity index (χ3n) is 2.44. The number of carbonyl (C=O) groups excluding carboxylic acids is 1. The third kappa shape index (κ3) is 2.94. The van der Waals surface area contributed by atoms with Gasteiger partial charge in [0.05, 0.1) is 0 Å². The van der Waals surface area contributed by atoms with Gasteiger partial charge in [-0.1, -0.05) is 0 Å². The molecule has 0 saturated heterocycles. The van der Waals surface area contributed by atoms with Crippen LogP contribution in [0.5, 0.6) is 0 Å². The second-order valence-corrected chi connectivity index (χ2v) is 5.43. The van der Waals surface area contributed by atoms with E-state index < -0.39 is 6.10 Å². The Morgan fingerprint density at radius 1 is 1.47 bits per heavy atom. The van der Waals surface area contributed by atoms with Crippen molar-refractivity contribution in [3.05, 3.63) is 44.3 Å². The Kier molecular flexibility index (Phi) is 3.93. The Hall–Kier alpha value is -1.17. The van der Waals surface area contributed by atoms with Gasteiger partial charge in [-0.3, -0.25) is 4.79 Å². The SMILES string of the molecule is Cc1ccsc1[C@@H](O)CNC(=O)c1ccsc1. The molecule has 2 rings (SSSR count). The summed E-state index contributed by atoms with van der Waals surface area (Å²) in [6.45, 7) is 2.20. The largest absolute Gasteiger partial charge is 0.386 e. The number of aryl methyl sites for hydroxylation is 1. The van der Waals surface area contributed by atoms with Gasteiger partial charge in [-0.2, -0.15) is 11.3 Å². The van der Waals surface area contributed by atoms with Crippen molar-refractivity contribution in [1.29, 1.82) is 0 Å². The van der Waals surface area contributed by atoms with Crippen LogP contribution in [0.4, 0.5) is 0 Å². The molecule has 0 aromatic carbocycles. The van der Waals surface area contributed by atoms with Gasteiger partial charge in [0.2, 0.25) is 0 Å². The Morgan fingerprint density at radius 2 is 2.29 bits per heavy atom. The predicted molar refractivity (Wildman–Crippen MR) is 70.7 cm³/mol. The lowest BCUT2D eigenvalue weighted by molar-refractivity contribution is 0.0918. The highest BCUT2D eigenvalue weighted by molar-refractivity contribution is 7.10. The molecule has 0 bridgehead atoms. The molecule has 0 aliphatic rings. The highest BCUT2D eigenvalue weighted by atomic mass is 32.1. The first kappa shape index (κ1) is 12.3. The molecule has 2 aromatic heterocycles. The van der Waals surface area contributed by atoms with E-state index in [4.69, 9.17) is 0 Å². The summed E-state index contributed by atoms with van der Waals surface area (Å²) in [6.07, 6.45) is -0.627. The number of nitrogens with one attached hydrogen (secondary N) is 1. The fraction of sp³-hybridized carbons (Fsp3) is 0.250. The van der Waals surface area contributed by atoms with E-state index in [0.717, 1.165) is 10.4 Å². The summed E-state index contributed by atoms with van der Waals surface area (Å²) in [5.74, 6) is -0.139. The highest BCUT2D eigenvalue weighted by Crippen LogP contribution is 2.23. The molecule has 90 valence electrons. The maximum absolute atomic E-state index is 11.7. The molecule has 0 fully saturated rings. The molecular formula is C12H13NO2S2. The molecule has 0 aliphatic carbocycles. The lowest BCUT2D eigenvalue weighted by Gasteiger charge is -2.11. The van der Waals surface area contributed by atoms with E-state index in [0.29, 0.717) is 5.56 Å². The van der Waals surface area contributed by atoms with E-state index in [2.05, 4.69) is 5.32 Å². The van der Waals surface area contributed by atoms with Gasteiger partial charge in [0.1, 0.15) is 6.10 Å². The van der Waals surface area contributed by atoms with Crippen molar-refractivity contribution >= 4 is 28.6 Å². The van der Waals surface area contributed by atoms with Gasteiger partial charge < -0.3 is 10.4 Å². The lowest BCUT2D eigenvalue weighted by Crippen LogP contribution is -2.27. The Balaban J connectivity index is 1.91. The fourth-order valence-electron chi connectivity index (χ4n) is 1.50. The van der Waals surface area contributed by atoms with E-state index in [1.54, 1.807) is 11.4 Å². The Labute approximate surface area is 108 Å².